The monoisotopic (exact) mass is 380 g/mol. The molecule has 0 aromatic heterocycles. The zero-order valence-electron chi connectivity index (χ0n) is 16.0. The van der Waals surface area contributed by atoms with Crippen molar-refractivity contribution in [2.24, 2.45) is 22.7 Å². The number of hydrogen-bond acceptors (Lipinski definition) is 5. The molecule has 27 heavy (non-hydrogen) atoms. The topological polar surface area (TPSA) is 94.8 Å². The molecular weight excluding hydrogens is 351 g/mol. The van der Waals surface area contributed by atoms with E-state index >= 15 is 4.39 Å². The second kappa shape index (κ2) is 5.71. The Morgan fingerprint density at radius 1 is 1.22 bits per heavy atom. The van der Waals surface area contributed by atoms with Crippen molar-refractivity contribution in [2.45, 2.75) is 76.2 Å². The SMILES string of the molecule is C[C@]12CCC(=O)C=C1CCC1C3CC[C@](O)(C(=O)CO)[C@@]3(C)CC(O)[C@@]12F. The molecule has 0 heterocycles. The van der Waals surface area contributed by atoms with Crippen LogP contribution in [0, 0.1) is 22.7 Å². The van der Waals surface area contributed by atoms with Crippen LogP contribution in [0.5, 0.6) is 0 Å². The first kappa shape index (κ1) is 19.2. The summed E-state index contributed by atoms with van der Waals surface area (Å²) in [5.74, 6) is -1.36. The fourth-order valence-corrected chi connectivity index (χ4v) is 7.16. The highest BCUT2D eigenvalue weighted by Gasteiger charge is 2.74. The number of carbonyl (C=O) groups is 2. The Morgan fingerprint density at radius 3 is 2.59 bits per heavy atom. The van der Waals surface area contributed by atoms with Crippen LogP contribution < -0.4 is 0 Å². The molecule has 3 unspecified atom stereocenters. The standard InChI is InChI=1S/C21H29FO5/c1-18-7-5-13(24)9-12(18)3-4-15-14-6-8-20(27,17(26)11-23)19(14,2)10-16(25)21(15,18)22/h9,14-16,23,25,27H,3-8,10-11H2,1-2H3/t14?,15?,16?,18-,19-,20-,21-/m0/s1. The third kappa shape index (κ3) is 2.10. The van der Waals surface area contributed by atoms with Gasteiger partial charge in [0.05, 0.1) is 6.10 Å². The number of fused-ring (bicyclic) bond motifs is 5. The number of ketones is 2. The van der Waals surface area contributed by atoms with Gasteiger partial charge in [-0.3, -0.25) is 9.59 Å². The van der Waals surface area contributed by atoms with E-state index in [2.05, 4.69) is 0 Å². The van der Waals surface area contributed by atoms with Gasteiger partial charge < -0.3 is 15.3 Å². The lowest BCUT2D eigenvalue weighted by Gasteiger charge is -2.63. The lowest BCUT2D eigenvalue weighted by Crippen LogP contribution is -2.69. The fraction of sp³-hybridized carbons (Fsp3) is 0.810. The molecule has 0 aliphatic heterocycles. The summed E-state index contributed by atoms with van der Waals surface area (Å²) in [7, 11) is 0. The summed E-state index contributed by atoms with van der Waals surface area (Å²) < 4.78 is 16.8. The summed E-state index contributed by atoms with van der Waals surface area (Å²) in [6, 6.07) is 0. The summed E-state index contributed by atoms with van der Waals surface area (Å²) in [6.45, 7) is 2.83. The number of allylic oxidation sites excluding steroid dienone is 1. The number of alkyl halides is 1. The van der Waals surface area contributed by atoms with Crippen molar-refractivity contribution in [2.75, 3.05) is 6.61 Å². The number of hydrogen-bond donors (Lipinski definition) is 3. The average Bonchev–Trinajstić information content (AvgIpc) is 2.88. The maximum Gasteiger partial charge on any atom is 0.190 e. The first-order valence-electron chi connectivity index (χ1n) is 10.0. The molecule has 150 valence electrons. The molecule has 4 aliphatic rings. The first-order chi connectivity index (χ1) is 12.5. The molecule has 0 radical (unpaired) electrons. The van der Waals surface area contributed by atoms with Crippen LogP contribution in [0.15, 0.2) is 11.6 Å². The van der Waals surface area contributed by atoms with Crippen molar-refractivity contribution in [1.29, 1.82) is 0 Å². The highest BCUT2D eigenvalue weighted by Crippen LogP contribution is 2.70. The number of aliphatic hydroxyl groups is 3. The summed E-state index contributed by atoms with van der Waals surface area (Å²) in [5, 5.41) is 31.5. The Morgan fingerprint density at radius 2 is 1.93 bits per heavy atom. The molecule has 0 bridgehead atoms. The highest BCUT2D eigenvalue weighted by atomic mass is 19.1. The molecule has 0 aromatic carbocycles. The number of aliphatic hydroxyl groups excluding tert-OH is 2. The van der Waals surface area contributed by atoms with Crippen molar-refractivity contribution < 1.29 is 29.3 Å². The molecule has 4 rings (SSSR count). The van der Waals surface area contributed by atoms with E-state index in [0.29, 0.717) is 25.7 Å². The molecule has 0 spiro atoms. The van der Waals surface area contributed by atoms with Crippen LogP contribution in [0.1, 0.15) is 58.8 Å². The van der Waals surface area contributed by atoms with Crippen molar-refractivity contribution in [3.05, 3.63) is 11.6 Å². The van der Waals surface area contributed by atoms with Gasteiger partial charge in [0.25, 0.3) is 0 Å². The average molecular weight is 380 g/mol. The molecule has 3 saturated carbocycles. The molecule has 0 aromatic rings. The minimum Gasteiger partial charge on any atom is -0.390 e. The van der Waals surface area contributed by atoms with Gasteiger partial charge in [-0.1, -0.05) is 19.4 Å². The van der Waals surface area contributed by atoms with E-state index in [4.69, 9.17) is 0 Å². The van der Waals surface area contributed by atoms with Gasteiger partial charge in [-0.15, -0.1) is 0 Å². The van der Waals surface area contributed by atoms with Gasteiger partial charge in [-0.2, -0.15) is 0 Å². The molecule has 7 atom stereocenters. The van der Waals surface area contributed by atoms with Crippen molar-refractivity contribution in [1.82, 2.24) is 0 Å². The normalized spacial score (nSPS) is 51.9. The second-order valence-corrected chi connectivity index (χ2v) is 9.61. The van der Waals surface area contributed by atoms with Crippen molar-refractivity contribution in [3.8, 4) is 0 Å². The number of halogens is 1. The van der Waals surface area contributed by atoms with Crippen LogP contribution in [0.3, 0.4) is 0 Å². The van der Waals surface area contributed by atoms with Gasteiger partial charge in [0.1, 0.15) is 17.9 Å². The van der Waals surface area contributed by atoms with Crippen LogP contribution in [0.2, 0.25) is 0 Å². The number of carbonyl (C=O) groups excluding carboxylic acids is 2. The van der Waals surface area contributed by atoms with Gasteiger partial charge in [0.2, 0.25) is 0 Å². The molecule has 3 N–H and O–H groups in total. The molecule has 5 nitrogen and oxygen atoms in total. The maximum absolute atomic E-state index is 16.8. The fourth-order valence-electron chi connectivity index (χ4n) is 7.16. The van der Waals surface area contributed by atoms with E-state index in [1.807, 2.05) is 6.92 Å². The summed E-state index contributed by atoms with van der Waals surface area (Å²) in [4.78, 5) is 24.2. The van der Waals surface area contributed by atoms with Crippen molar-refractivity contribution >= 4 is 11.6 Å². The zero-order valence-corrected chi connectivity index (χ0v) is 16.0. The Labute approximate surface area is 158 Å². The first-order valence-corrected chi connectivity index (χ1v) is 10.0. The Balaban J connectivity index is 1.80. The van der Waals surface area contributed by atoms with Gasteiger partial charge >= 0.3 is 0 Å². The maximum atomic E-state index is 16.8. The van der Waals surface area contributed by atoms with Crippen LogP contribution in [0.4, 0.5) is 4.39 Å². The molecule has 0 amide bonds. The summed E-state index contributed by atoms with van der Waals surface area (Å²) in [5.41, 5.74) is -4.68. The summed E-state index contributed by atoms with van der Waals surface area (Å²) in [6.07, 6.45) is 2.65. The predicted octanol–water partition coefficient (Wildman–Crippen LogP) is 1.87. The predicted molar refractivity (Wildman–Crippen MR) is 95.5 cm³/mol. The van der Waals surface area contributed by atoms with Crippen LogP contribution >= 0.6 is 0 Å². The lowest BCUT2D eigenvalue weighted by molar-refractivity contribution is -0.226. The van der Waals surface area contributed by atoms with E-state index in [-0.39, 0.29) is 31.0 Å². The van der Waals surface area contributed by atoms with Gasteiger partial charge in [-0.05, 0) is 50.5 Å². The van der Waals surface area contributed by atoms with E-state index in [1.165, 1.54) is 0 Å². The molecule has 6 heteroatoms. The van der Waals surface area contributed by atoms with Gasteiger partial charge in [0.15, 0.2) is 11.6 Å². The van der Waals surface area contributed by atoms with Gasteiger partial charge in [0, 0.05) is 23.2 Å². The minimum absolute atomic E-state index is 0.0171. The van der Waals surface area contributed by atoms with Crippen molar-refractivity contribution in [3.63, 3.8) is 0 Å². The molecule has 4 aliphatic carbocycles. The molecular formula is C21H29FO5. The smallest absolute Gasteiger partial charge is 0.190 e. The third-order valence-corrected chi connectivity index (χ3v) is 8.80. The van der Waals surface area contributed by atoms with E-state index in [0.717, 1.165) is 5.57 Å². The Hall–Kier alpha value is -1.11. The Bertz CT molecular complexity index is 734. The number of Topliss-reactive ketones (excluding diaryl/α,β-unsaturated/α-hetero) is 1. The lowest BCUT2D eigenvalue weighted by atomic mass is 9.44. The van der Waals surface area contributed by atoms with E-state index < -0.39 is 46.5 Å². The highest BCUT2D eigenvalue weighted by molar-refractivity contribution is 5.92. The molecule has 3 fully saturated rings. The van der Waals surface area contributed by atoms with Gasteiger partial charge in [-0.25, -0.2) is 4.39 Å². The van der Waals surface area contributed by atoms with E-state index in [9.17, 15) is 24.9 Å². The number of rotatable bonds is 2. The van der Waals surface area contributed by atoms with Crippen LogP contribution in [0.25, 0.3) is 0 Å². The third-order valence-electron chi connectivity index (χ3n) is 8.80. The quantitative estimate of drug-likeness (QED) is 0.680. The largest absolute Gasteiger partial charge is 0.390 e. The van der Waals surface area contributed by atoms with Crippen LogP contribution in [-0.4, -0.2) is 50.9 Å². The second-order valence-electron chi connectivity index (χ2n) is 9.61. The zero-order chi connectivity index (χ0) is 19.8. The minimum atomic E-state index is -1.88. The van der Waals surface area contributed by atoms with E-state index in [1.54, 1.807) is 13.0 Å². The summed E-state index contributed by atoms with van der Waals surface area (Å²) >= 11 is 0. The van der Waals surface area contributed by atoms with Crippen LogP contribution in [-0.2, 0) is 9.59 Å². The molecule has 0 saturated heterocycles. The Kier molecular flexibility index (Phi) is 4.06.